The lowest BCUT2D eigenvalue weighted by Crippen LogP contribution is -2.60. The van der Waals surface area contributed by atoms with E-state index in [4.69, 9.17) is 10.5 Å². The van der Waals surface area contributed by atoms with Crippen molar-refractivity contribution in [3.05, 3.63) is 0 Å². The second kappa shape index (κ2) is 6.59. The molecule has 3 fully saturated rings. The van der Waals surface area contributed by atoms with Crippen molar-refractivity contribution in [2.24, 2.45) is 11.7 Å². The third-order valence-electron chi connectivity index (χ3n) is 5.43. The van der Waals surface area contributed by atoms with Crippen molar-refractivity contribution in [1.82, 2.24) is 9.80 Å². The molecule has 3 heterocycles. The molecule has 3 aliphatic rings. The zero-order chi connectivity index (χ0) is 18.4. The fraction of sp³-hybridized carbons (Fsp3) is 0.833. The monoisotopic (exact) mass is 351 g/mol. The molecule has 0 aliphatic carbocycles. The number of amides is 2. The molecule has 140 valence electrons. The maximum atomic E-state index is 13.1. The summed E-state index contributed by atoms with van der Waals surface area (Å²) in [6.45, 7) is 5.94. The third-order valence-corrected chi connectivity index (χ3v) is 5.43. The Morgan fingerprint density at radius 3 is 2.28 bits per heavy atom. The van der Waals surface area contributed by atoms with E-state index in [9.17, 15) is 14.4 Å². The van der Waals surface area contributed by atoms with Gasteiger partial charge in [-0.1, -0.05) is 0 Å². The van der Waals surface area contributed by atoms with Crippen LogP contribution < -0.4 is 5.73 Å². The van der Waals surface area contributed by atoms with Crippen molar-refractivity contribution >= 4 is 17.8 Å². The highest BCUT2D eigenvalue weighted by Crippen LogP contribution is 2.37. The highest BCUT2D eigenvalue weighted by molar-refractivity contribution is 5.87. The fourth-order valence-corrected chi connectivity index (χ4v) is 4.34. The number of fused-ring (bicyclic) bond motifs is 2. The van der Waals surface area contributed by atoms with Gasteiger partial charge in [0.25, 0.3) is 0 Å². The molecule has 7 nitrogen and oxygen atoms in total. The van der Waals surface area contributed by atoms with Crippen LogP contribution in [0.3, 0.4) is 0 Å². The Morgan fingerprint density at radius 1 is 1.12 bits per heavy atom. The highest BCUT2D eigenvalue weighted by atomic mass is 16.6. The molecule has 3 saturated heterocycles. The van der Waals surface area contributed by atoms with E-state index in [0.717, 1.165) is 19.3 Å². The summed E-state index contributed by atoms with van der Waals surface area (Å²) in [4.78, 5) is 40.7. The lowest BCUT2D eigenvalue weighted by molar-refractivity contribution is -0.145. The number of likely N-dealkylation sites (tertiary alicyclic amines) is 1. The van der Waals surface area contributed by atoms with Crippen molar-refractivity contribution in [3.63, 3.8) is 0 Å². The smallest absolute Gasteiger partial charge is 0.411 e. The van der Waals surface area contributed by atoms with E-state index in [0.29, 0.717) is 25.8 Å². The van der Waals surface area contributed by atoms with Crippen LogP contribution in [0.1, 0.15) is 59.3 Å². The average molecular weight is 351 g/mol. The molecule has 2 N–H and O–H groups in total. The Bertz CT molecular complexity index is 555. The van der Waals surface area contributed by atoms with Gasteiger partial charge in [-0.15, -0.1) is 0 Å². The first-order chi connectivity index (χ1) is 11.7. The molecule has 7 heteroatoms. The summed E-state index contributed by atoms with van der Waals surface area (Å²) in [6.07, 6.45) is 2.95. The first-order valence-electron chi connectivity index (χ1n) is 9.26. The molecular formula is C18H29N3O4. The summed E-state index contributed by atoms with van der Waals surface area (Å²) in [5.74, 6) is -0.168. The van der Waals surface area contributed by atoms with E-state index in [1.54, 1.807) is 0 Å². The molecule has 0 aromatic carbocycles. The maximum absolute atomic E-state index is 13.1. The predicted octanol–water partition coefficient (Wildman–Crippen LogP) is 1.64. The molecule has 2 amide bonds. The molecule has 0 aromatic rings. The predicted molar refractivity (Wildman–Crippen MR) is 91.5 cm³/mol. The van der Waals surface area contributed by atoms with E-state index in [-0.39, 0.29) is 23.8 Å². The molecule has 0 radical (unpaired) electrons. The van der Waals surface area contributed by atoms with Crippen LogP contribution in [0.25, 0.3) is 0 Å². The highest BCUT2D eigenvalue weighted by Gasteiger charge is 2.47. The van der Waals surface area contributed by atoms with Gasteiger partial charge in [-0.3, -0.25) is 14.5 Å². The zero-order valence-electron chi connectivity index (χ0n) is 15.4. The van der Waals surface area contributed by atoms with Crippen molar-refractivity contribution in [3.8, 4) is 0 Å². The van der Waals surface area contributed by atoms with Crippen molar-refractivity contribution in [2.75, 3.05) is 6.54 Å². The molecule has 0 saturated carbocycles. The number of piperidine rings is 2. The molecule has 0 spiro atoms. The van der Waals surface area contributed by atoms with Crippen molar-refractivity contribution in [1.29, 1.82) is 0 Å². The Labute approximate surface area is 148 Å². The van der Waals surface area contributed by atoms with Gasteiger partial charge in [-0.05, 0) is 46.5 Å². The van der Waals surface area contributed by atoms with Gasteiger partial charge in [-0.25, -0.2) is 4.79 Å². The molecule has 3 aliphatic heterocycles. The number of hydrogen-bond acceptors (Lipinski definition) is 5. The first-order valence-corrected chi connectivity index (χ1v) is 9.26. The number of nitrogens with two attached hydrogens (primary N) is 1. The summed E-state index contributed by atoms with van der Waals surface area (Å²) in [5, 5.41) is 0. The molecule has 3 rings (SSSR count). The minimum atomic E-state index is -0.673. The normalized spacial score (nSPS) is 32.7. The number of Topliss-reactive ketones (excluding diaryl/α,β-unsaturated/α-hetero) is 1. The third kappa shape index (κ3) is 3.66. The van der Waals surface area contributed by atoms with Gasteiger partial charge in [0.15, 0.2) is 0 Å². The Hall–Kier alpha value is -1.63. The second-order valence-corrected chi connectivity index (χ2v) is 8.49. The van der Waals surface area contributed by atoms with Crippen LogP contribution in [0, 0.1) is 5.92 Å². The Kier molecular flexibility index (Phi) is 4.79. The van der Waals surface area contributed by atoms with Crippen LogP contribution in [0.2, 0.25) is 0 Å². The summed E-state index contributed by atoms with van der Waals surface area (Å²) >= 11 is 0. The van der Waals surface area contributed by atoms with Crippen molar-refractivity contribution in [2.45, 2.75) is 83.1 Å². The second-order valence-electron chi connectivity index (χ2n) is 8.49. The van der Waals surface area contributed by atoms with E-state index in [2.05, 4.69) is 0 Å². The molecule has 2 bridgehead atoms. The molecule has 4 atom stereocenters. The van der Waals surface area contributed by atoms with Gasteiger partial charge in [0.1, 0.15) is 11.4 Å². The number of carbonyl (C=O) groups is 3. The molecule has 0 aromatic heterocycles. The summed E-state index contributed by atoms with van der Waals surface area (Å²) in [6, 6.07) is 0.0331. The van der Waals surface area contributed by atoms with Crippen LogP contribution in [-0.2, 0) is 14.3 Å². The van der Waals surface area contributed by atoms with E-state index < -0.39 is 23.8 Å². The summed E-state index contributed by atoms with van der Waals surface area (Å²) in [7, 11) is 0. The van der Waals surface area contributed by atoms with Gasteiger partial charge >= 0.3 is 6.09 Å². The first kappa shape index (κ1) is 18.2. The SMILES string of the molecule is CC(C)(C)OC(=O)N1CCCC(C(=O)N2C3CCC2CC(=O)C3)C1N. The average Bonchev–Trinajstić information content (AvgIpc) is 2.77. The molecule has 25 heavy (non-hydrogen) atoms. The number of carbonyl (C=O) groups excluding carboxylic acids is 3. The minimum absolute atomic E-state index is 0.000702. The van der Waals surface area contributed by atoms with E-state index in [1.165, 1.54) is 4.90 Å². The minimum Gasteiger partial charge on any atom is -0.444 e. The Morgan fingerprint density at radius 2 is 1.72 bits per heavy atom. The van der Waals surface area contributed by atoms with Gasteiger partial charge in [0.2, 0.25) is 5.91 Å². The van der Waals surface area contributed by atoms with Crippen LogP contribution in [0.15, 0.2) is 0 Å². The lowest BCUT2D eigenvalue weighted by atomic mass is 9.91. The summed E-state index contributed by atoms with van der Waals surface area (Å²) < 4.78 is 5.43. The molecular weight excluding hydrogens is 322 g/mol. The summed E-state index contributed by atoms with van der Waals surface area (Å²) in [5.41, 5.74) is 5.70. The van der Waals surface area contributed by atoms with Gasteiger partial charge in [0, 0.05) is 31.5 Å². The fourth-order valence-electron chi connectivity index (χ4n) is 4.34. The topological polar surface area (TPSA) is 92.9 Å². The number of hydrogen-bond donors (Lipinski definition) is 1. The number of ether oxygens (including phenoxy) is 1. The quantitative estimate of drug-likeness (QED) is 0.775. The van der Waals surface area contributed by atoms with E-state index >= 15 is 0 Å². The standard InChI is InChI=1S/C18H29N3O4/c1-18(2,3)25-17(24)20-8-4-5-14(15(20)19)16(23)21-11-6-7-12(21)10-13(22)9-11/h11-12,14-15H,4-10,19H2,1-3H3. The largest absolute Gasteiger partial charge is 0.444 e. The van der Waals surface area contributed by atoms with Crippen molar-refractivity contribution < 1.29 is 19.1 Å². The van der Waals surface area contributed by atoms with Crippen LogP contribution in [-0.4, -0.2) is 58.0 Å². The van der Waals surface area contributed by atoms with Gasteiger partial charge in [-0.2, -0.15) is 0 Å². The van der Waals surface area contributed by atoms with E-state index in [1.807, 2.05) is 25.7 Å². The lowest BCUT2D eigenvalue weighted by Gasteiger charge is -2.43. The van der Waals surface area contributed by atoms with Crippen LogP contribution in [0.4, 0.5) is 4.79 Å². The van der Waals surface area contributed by atoms with Crippen LogP contribution in [0.5, 0.6) is 0 Å². The van der Waals surface area contributed by atoms with Crippen LogP contribution >= 0.6 is 0 Å². The van der Waals surface area contributed by atoms with Gasteiger partial charge < -0.3 is 15.4 Å². The van der Waals surface area contributed by atoms with Gasteiger partial charge in [0.05, 0.1) is 12.1 Å². The number of nitrogens with zero attached hydrogens (tertiary/aromatic N) is 2. The maximum Gasteiger partial charge on any atom is 0.411 e. The number of ketones is 1. The zero-order valence-corrected chi connectivity index (χ0v) is 15.4. The number of rotatable bonds is 1. The Balaban J connectivity index is 1.71. The molecule has 4 unspecified atom stereocenters.